The number of halogens is 1. The molecule has 0 saturated carbocycles. The molecule has 18 heavy (non-hydrogen) atoms. The van der Waals surface area contributed by atoms with Crippen LogP contribution in [0.5, 0.6) is 0 Å². The van der Waals surface area contributed by atoms with Crippen LogP contribution in [-0.4, -0.2) is 0 Å². The molecule has 0 fully saturated rings. The van der Waals surface area contributed by atoms with Gasteiger partial charge in [0.1, 0.15) is 5.82 Å². The summed E-state index contributed by atoms with van der Waals surface area (Å²) in [7, 11) is 0. The summed E-state index contributed by atoms with van der Waals surface area (Å²) in [5.41, 5.74) is 3.54. The normalized spacial score (nSPS) is 10.3. The molecule has 94 valence electrons. The Morgan fingerprint density at radius 3 is 2.11 bits per heavy atom. The molecule has 0 radical (unpaired) electrons. The maximum absolute atomic E-state index is 12.7. The maximum Gasteiger partial charge on any atom is 0.123 e. The van der Waals surface area contributed by atoms with E-state index in [1.54, 1.807) is 12.1 Å². The number of hydrogen-bond donors (Lipinski definition) is 1. The molecule has 1 N–H and O–H groups in total. The zero-order valence-corrected chi connectivity index (χ0v) is 10.6. The standard InChI is InChI=1S/C16H18FN/c1-2-3-13-6-10-16(11-7-13)18-12-14-4-8-15(17)9-5-14/h4-11,18H,2-3,12H2,1H3. The first-order valence-electron chi connectivity index (χ1n) is 6.35. The summed E-state index contributed by atoms with van der Waals surface area (Å²) in [5, 5.41) is 3.33. The molecule has 0 spiro atoms. The van der Waals surface area contributed by atoms with Crippen molar-refractivity contribution in [2.45, 2.75) is 26.3 Å². The Balaban J connectivity index is 1.91. The van der Waals surface area contributed by atoms with Crippen LogP contribution in [0.15, 0.2) is 48.5 Å². The summed E-state index contributed by atoms with van der Waals surface area (Å²) < 4.78 is 12.7. The molecule has 2 aromatic rings. The van der Waals surface area contributed by atoms with Gasteiger partial charge in [-0.2, -0.15) is 0 Å². The second kappa shape index (κ2) is 6.20. The van der Waals surface area contributed by atoms with E-state index in [1.165, 1.54) is 24.1 Å². The fraction of sp³-hybridized carbons (Fsp3) is 0.250. The summed E-state index contributed by atoms with van der Waals surface area (Å²) in [6.45, 7) is 2.90. The molecule has 0 aromatic heterocycles. The van der Waals surface area contributed by atoms with Crippen LogP contribution in [0.3, 0.4) is 0 Å². The average Bonchev–Trinajstić information content (AvgIpc) is 2.40. The van der Waals surface area contributed by atoms with Crippen LogP contribution >= 0.6 is 0 Å². The SMILES string of the molecule is CCCc1ccc(NCc2ccc(F)cc2)cc1. The molecule has 2 heteroatoms. The van der Waals surface area contributed by atoms with Gasteiger partial charge in [-0.15, -0.1) is 0 Å². The lowest BCUT2D eigenvalue weighted by atomic mass is 10.1. The number of nitrogens with one attached hydrogen (secondary N) is 1. The van der Waals surface area contributed by atoms with Crippen molar-refractivity contribution >= 4 is 5.69 Å². The average molecular weight is 243 g/mol. The first-order valence-corrected chi connectivity index (χ1v) is 6.35. The van der Waals surface area contributed by atoms with Gasteiger partial charge in [-0.3, -0.25) is 0 Å². The smallest absolute Gasteiger partial charge is 0.123 e. The predicted octanol–water partition coefficient (Wildman–Crippen LogP) is 4.39. The summed E-state index contributed by atoms with van der Waals surface area (Å²) in [6.07, 6.45) is 2.29. The number of aryl methyl sites for hydroxylation is 1. The molecule has 2 aromatic carbocycles. The minimum atomic E-state index is -0.192. The van der Waals surface area contributed by atoms with Gasteiger partial charge in [0, 0.05) is 12.2 Å². The molecule has 1 nitrogen and oxygen atoms in total. The van der Waals surface area contributed by atoms with E-state index in [1.807, 2.05) is 0 Å². The number of rotatable bonds is 5. The van der Waals surface area contributed by atoms with Gasteiger partial charge in [-0.1, -0.05) is 37.6 Å². The Morgan fingerprint density at radius 1 is 0.889 bits per heavy atom. The molecule has 0 amide bonds. The highest BCUT2D eigenvalue weighted by molar-refractivity contribution is 5.45. The minimum absolute atomic E-state index is 0.192. The Labute approximate surface area is 108 Å². The Morgan fingerprint density at radius 2 is 1.50 bits per heavy atom. The highest BCUT2D eigenvalue weighted by Crippen LogP contribution is 2.12. The Hall–Kier alpha value is -1.83. The van der Waals surface area contributed by atoms with Crippen LogP contribution in [0.4, 0.5) is 10.1 Å². The Kier molecular flexibility index (Phi) is 4.35. The van der Waals surface area contributed by atoms with Gasteiger partial charge in [-0.05, 0) is 41.8 Å². The summed E-state index contributed by atoms with van der Waals surface area (Å²) in [6, 6.07) is 15.1. The monoisotopic (exact) mass is 243 g/mol. The van der Waals surface area contributed by atoms with E-state index >= 15 is 0 Å². The molecule has 0 heterocycles. The van der Waals surface area contributed by atoms with Gasteiger partial charge >= 0.3 is 0 Å². The predicted molar refractivity (Wildman–Crippen MR) is 74.2 cm³/mol. The zero-order valence-electron chi connectivity index (χ0n) is 10.6. The molecule has 0 aliphatic carbocycles. The molecule has 0 atom stereocenters. The van der Waals surface area contributed by atoms with Crippen molar-refractivity contribution in [3.05, 3.63) is 65.5 Å². The highest BCUT2D eigenvalue weighted by Gasteiger charge is 1.96. The zero-order chi connectivity index (χ0) is 12.8. The summed E-state index contributed by atoms with van der Waals surface area (Å²) >= 11 is 0. The lowest BCUT2D eigenvalue weighted by Gasteiger charge is -2.07. The lowest BCUT2D eigenvalue weighted by Crippen LogP contribution is -1.99. The van der Waals surface area contributed by atoms with Crippen LogP contribution in [0, 0.1) is 5.82 Å². The van der Waals surface area contributed by atoms with Crippen LogP contribution in [0.1, 0.15) is 24.5 Å². The number of hydrogen-bond acceptors (Lipinski definition) is 1. The fourth-order valence-corrected chi connectivity index (χ4v) is 1.88. The van der Waals surface area contributed by atoms with Crippen LogP contribution in [-0.2, 0) is 13.0 Å². The van der Waals surface area contributed by atoms with Crippen molar-refractivity contribution in [1.82, 2.24) is 0 Å². The van der Waals surface area contributed by atoms with E-state index < -0.39 is 0 Å². The minimum Gasteiger partial charge on any atom is -0.381 e. The van der Waals surface area contributed by atoms with Gasteiger partial charge in [0.05, 0.1) is 0 Å². The maximum atomic E-state index is 12.7. The molecule has 0 saturated heterocycles. The van der Waals surface area contributed by atoms with Crippen molar-refractivity contribution in [3.63, 3.8) is 0 Å². The largest absolute Gasteiger partial charge is 0.381 e. The molecule has 0 bridgehead atoms. The second-order valence-corrected chi connectivity index (χ2v) is 4.43. The van der Waals surface area contributed by atoms with Crippen molar-refractivity contribution in [1.29, 1.82) is 0 Å². The van der Waals surface area contributed by atoms with E-state index in [9.17, 15) is 4.39 Å². The summed E-state index contributed by atoms with van der Waals surface area (Å²) in [5.74, 6) is -0.192. The lowest BCUT2D eigenvalue weighted by molar-refractivity contribution is 0.627. The Bertz CT molecular complexity index is 473. The van der Waals surface area contributed by atoms with Gasteiger partial charge in [-0.25, -0.2) is 4.39 Å². The summed E-state index contributed by atoms with van der Waals surface area (Å²) in [4.78, 5) is 0. The second-order valence-electron chi connectivity index (χ2n) is 4.43. The third kappa shape index (κ3) is 3.59. The molecular weight excluding hydrogens is 225 g/mol. The topological polar surface area (TPSA) is 12.0 Å². The quantitative estimate of drug-likeness (QED) is 0.821. The van der Waals surface area contributed by atoms with E-state index in [0.717, 1.165) is 17.7 Å². The number of anilines is 1. The third-order valence-corrected chi connectivity index (χ3v) is 2.90. The van der Waals surface area contributed by atoms with Gasteiger partial charge in [0.15, 0.2) is 0 Å². The van der Waals surface area contributed by atoms with Crippen LogP contribution < -0.4 is 5.32 Å². The van der Waals surface area contributed by atoms with Gasteiger partial charge in [0.2, 0.25) is 0 Å². The molecule has 0 aliphatic rings. The van der Waals surface area contributed by atoms with Crippen molar-refractivity contribution in [2.75, 3.05) is 5.32 Å². The van der Waals surface area contributed by atoms with Crippen molar-refractivity contribution < 1.29 is 4.39 Å². The number of benzene rings is 2. The molecule has 0 aliphatic heterocycles. The fourth-order valence-electron chi connectivity index (χ4n) is 1.88. The first-order chi connectivity index (χ1) is 8.78. The third-order valence-electron chi connectivity index (χ3n) is 2.90. The molecule has 0 unspecified atom stereocenters. The van der Waals surface area contributed by atoms with Crippen LogP contribution in [0.25, 0.3) is 0 Å². The van der Waals surface area contributed by atoms with Gasteiger partial charge < -0.3 is 5.32 Å². The molecule has 2 rings (SSSR count). The highest BCUT2D eigenvalue weighted by atomic mass is 19.1. The van der Waals surface area contributed by atoms with Gasteiger partial charge in [0.25, 0.3) is 0 Å². The van der Waals surface area contributed by atoms with E-state index in [0.29, 0.717) is 6.54 Å². The first kappa shape index (κ1) is 12.6. The van der Waals surface area contributed by atoms with Crippen molar-refractivity contribution in [3.8, 4) is 0 Å². The van der Waals surface area contributed by atoms with Crippen LogP contribution in [0.2, 0.25) is 0 Å². The van der Waals surface area contributed by atoms with E-state index in [4.69, 9.17) is 0 Å². The molecular formula is C16H18FN. The van der Waals surface area contributed by atoms with Crippen molar-refractivity contribution in [2.24, 2.45) is 0 Å². The van der Waals surface area contributed by atoms with E-state index in [-0.39, 0.29) is 5.82 Å². The van der Waals surface area contributed by atoms with E-state index in [2.05, 4.69) is 36.5 Å².